The van der Waals surface area contributed by atoms with Gasteiger partial charge in [0.2, 0.25) is 88.6 Å². The first-order valence-corrected chi connectivity index (χ1v) is 45.4. The van der Waals surface area contributed by atoms with Crippen LogP contribution in [0, 0.1) is 22.7 Å². The molecule has 1 unspecified atom stereocenters. The second kappa shape index (κ2) is 60.7. The van der Waals surface area contributed by atoms with E-state index in [1.807, 2.05) is 48.5 Å². The minimum atomic E-state index is -1.78. The molecule has 2 fully saturated rings. The standard InChI is InChI=1S/C91H125N21O26/c92-90(93)99-36-9-16-63-82(126)101-53-76(118)104-70(51-79(121)122)88(132)110-68(49-56-19-25-61(113)26-20-56)86(130)108-65(84(128)106-63)14-5-7-34-96-73(115)30-29-67(103-75(117)33-40-135-42-44-137-46-48-138-47-45-136-43-41-134-39-32-74(116)97-38-31-78(120)112-55-60-13-2-1-11-58(60)23-24-59-12-3-4-18-72(59)112)81(125)98-35-8-6-15-66-85(129)107-64(17-10-37-100-91(94)95)83(127)102-54-77(119)105-71(52-80(123)124)89(133)111-69(87(131)109-66)50-57-21-27-62(114)28-22-57/h1-4,11-13,18-22,25-28,63-71,113-114H,5-10,14-17,29-55H2,(H,96,115)(H,97,116)(H,98,125)(H,101,126)(H,102,127)(H,103,117)(H,104,118)(H,105,119)(H,106,128)(H,107,129)(H,108,130)(H,109,131)(H,110,132)(H,111,133)(H,121,122)(H,123,124)(H4,92,93,99)(H4,94,95,100)/t63-,64-,65-,66-,67?,68+,69+,70-,71-/m0/s1. The molecule has 47 nitrogen and oxygen atoms in total. The molecule has 4 aromatic rings. The van der Waals surface area contributed by atoms with Crippen LogP contribution in [-0.4, -0.2) is 299 Å². The molecule has 3 aliphatic heterocycles. The number of amides is 15. The van der Waals surface area contributed by atoms with Gasteiger partial charge in [0.25, 0.3) is 0 Å². The number of unbranched alkanes of at least 4 members (excludes halogenated alkanes) is 2. The number of carbonyl (C=O) groups is 17. The van der Waals surface area contributed by atoms with Crippen LogP contribution in [-0.2, 0) is 125 Å². The monoisotopic (exact) mass is 1930 g/mol. The molecule has 0 aliphatic carbocycles. The minimum Gasteiger partial charge on any atom is -0.508 e. The van der Waals surface area contributed by atoms with E-state index in [-0.39, 0.29) is 237 Å². The van der Waals surface area contributed by atoms with Crippen molar-refractivity contribution >= 4 is 118 Å². The number of para-hydroxylation sites is 1. The van der Waals surface area contributed by atoms with Crippen LogP contribution in [0.15, 0.2) is 97.1 Å². The maximum atomic E-state index is 14.5. The van der Waals surface area contributed by atoms with Crippen LogP contribution in [0.3, 0.4) is 0 Å². The van der Waals surface area contributed by atoms with Crippen molar-refractivity contribution in [3.63, 3.8) is 0 Å². The lowest BCUT2D eigenvalue weighted by Gasteiger charge is -2.26. The van der Waals surface area contributed by atoms with E-state index in [4.69, 9.17) is 46.0 Å². The third-order valence-corrected chi connectivity index (χ3v) is 21.5. The molecule has 0 aromatic heterocycles. The quantitative estimate of drug-likeness (QED) is 0.00860. The minimum absolute atomic E-state index is 0.0331. The lowest BCUT2D eigenvalue weighted by atomic mass is 10.0. The number of nitrogens with two attached hydrogens (primary N) is 2. The summed E-state index contributed by atoms with van der Waals surface area (Å²) < 4.78 is 28.0. The Morgan fingerprint density at radius 2 is 0.768 bits per heavy atom. The van der Waals surface area contributed by atoms with Gasteiger partial charge in [-0.1, -0.05) is 66.4 Å². The van der Waals surface area contributed by atoms with E-state index < -0.39 is 175 Å². The molecule has 9 atom stereocenters. The maximum Gasteiger partial charge on any atom is 0.305 e. The highest BCUT2D eigenvalue weighted by Crippen LogP contribution is 2.27. The molecule has 0 spiro atoms. The van der Waals surface area contributed by atoms with Gasteiger partial charge in [-0.3, -0.25) is 92.3 Å². The van der Waals surface area contributed by atoms with Crippen molar-refractivity contribution in [3.8, 4) is 23.3 Å². The number of nitrogens with one attached hydrogen (secondary N) is 18. The van der Waals surface area contributed by atoms with Crippen LogP contribution in [0.5, 0.6) is 11.5 Å². The van der Waals surface area contributed by atoms with Crippen molar-refractivity contribution in [2.45, 2.75) is 183 Å². The van der Waals surface area contributed by atoms with Crippen LogP contribution in [0.1, 0.15) is 137 Å². The average Bonchev–Trinajstić information content (AvgIpc) is 0.836. The van der Waals surface area contributed by atoms with Crippen LogP contribution in [0.25, 0.3) is 0 Å². The van der Waals surface area contributed by atoms with Gasteiger partial charge in [-0.05, 0) is 130 Å². The highest BCUT2D eigenvalue weighted by atomic mass is 16.6. The summed E-state index contributed by atoms with van der Waals surface area (Å²) in [7, 11) is 0. The van der Waals surface area contributed by atoms with Crippen molar-refractivity contribution in [2.24, 2.45) is 11.5 Å². The number of hydrogen-bond donors (Lipinski definition) is 24. The fourth-order valence-electron chi connectivity index (χ4n) is 14.2. The summed E-state index contributed by atoms with van der Waals surface area (Å²) in [5.41, 5.74) is 14.9. The summed E-state index contributed by atoms with van der Waals surface area (Å²) in [4.78, 5) is 233. The Morgan fingerprint density at radius 1 is 0.399 bits per heavy atom. The van der Waals surface area contributed by atoms with Crippen molar-refractivity contribution in [2.75, 3.05) is 117 Å². The number of nitrogens with zero attached hydrogens (tertiary/aromatic N) is 1. The van der Waals surface area contributed by atoms with E-state index in [0.29, 0.717) is 23.4 Å². The Morgan fingerprint density at radius 3 is 1.23 bits per heavy atom. The van der Waals surface area contributed by atoms with Gasteiger partial charge in [0, 0.05) is 82.4 Å². The highest BCUT2D eigenvalue weighted by molar-refractivity contribution is 6.01. The van der Waals surface area contributed by atoms with Gasteiger partial charge in [0.1, 0.15) is 65.9 Å². The molecule has 26 N–H and O–H groups in total. The van der Waals surface area contributed by atoms with E-state index in [1.54, 1.807) is 4.90 Å². The molecule has 0 saturated carbocycles. The van der Waals surface area contributed by atoms with Crippen molar-refractivity contribution in [1.29, 1.82) is 10.8 Å². The molecule has 750 valence electrons. The number of carbonyl (C=O) groups excluding carboxylic acids is 15. The fourth-order valence-corrected chi connectivity index (χ4v) is 14.2. The zero-order chi connectivity index (χ0) is 100. The number of anilines is 1. The van der Waals surface area contributed by atoms with E-state index >= 15 is 0 Å². The molecule has 0 bridgehead atoms. The number of aromatic hydroxyl groups is 2. The zero-order valence-electron chi connectivity index (χ0n) is 76.5. The van der Waals surface area contributed by atoms with E-state index in [0.717, 1.165) is 16.7 Å². The third kappa shape index (κ3) is 42.5. The molecule has 4 aromatic carbocycles. The molecule has 3 aliphatic rings. The first-order valence-electron chi connectivity index (χ1n) is 45.4. The number of carboxylic acids is 2. The second-order valence-corrected chi connectivity index (χ2v) is 32.3. The lowest BCUT2D eigenvalue weighted by Crippen LogP contribution is -2.58. The Kier molecular flexibility index (Phi) is 48.5. The van der Waals surface area contributed by atoms with Gasteiger partial charge in [0.05, 0.1) is 104 Å². The number of aliphatic carboxylic acids is 2. The first kappa shape index (κ1) is 110. The van der Waals surface area contributed by atoms with Crippen LogP contribution in [0.2, 0.25) is 0 Å². The van der Waals surface area contributed by atoms with Crippen LogP contribution in [0.4, 0.5) is 5.69 Å². The average molecular weight is 1930 g/mol. The normalized spacial score (nSPS) is 18.6. The Bertz CT molecular complexity index is 4880. The summed E-state index contributed by atoms with van der Waals surface area (Å²) in [5, 5.41) is 95.3. The summed E-state index contributed by atoms with van der Waals surface area (Å²) in [6.07, 6.45) is -3.35. The number of hydrogen-bond acceptors (Lipinski definition) is 26. The number of benzene rings is 4. The molecule has 0 radical (unpaired) electrons. The van der Waals surface area contributed by atoms with Crippen molar-refractivity contribution in [3.05, 3.63) is 125 Å². The SMILES string of the molecule is N=C(N)NCCC[C@@H]1NC(=O)[C@H](CCCCNC(=O)CCC(NC(=O)CCOCCOCCOCCOCCOCCC(=O)NCCC(=O)N2Cc3ccccc3C#Cc3ccccc32)C(=O)NCCCC[C@@H]2NC(=O)[C@@H](Cc3ccc(O)cc3)NC(=O)[C@H](CC(=O)O)NC(=O)CNC(=O)[C@H](CCCNC(=N)N)NC2=O)NC(=O)[C@@H](Cc2ccc(O)cc2)NC(=O)[C@H](CC(=O)O)NC(=O)CNC1=O. The number of rotatable bonds is 52. The number of guanidine groups is 2. The molecule has 3 heterocycles. The number of ether oxygens (including phenoxy) is 5. The van der Waals surface area contributed by atoms with Crippen LogP contribution < -0.4 is 101 Å². The van der Waals surface area contributed by atoms with E-state index in [1.165, 1.54) is 48.5 Å². The molecule has 47 heteroatoms. The van der Waals surface area contributed by atoms with Crippen LogP contribution >= 0.6 is 0 Å². The molecule has 15 amide bonds. The highest BCUT2D eigenvalue weighted by Gasteiger charge is 2.37. The predicted molar refractivity (Wildman–Crippen MR) is 494 cm³/mol. The van der Waals surface area contributed by atoms with E-state index in [2.05, 4.69) is 96.9 Å². The molecule has 7 rings (SSSR count). The third-order valence-electron chi connectivity index (χ3n) is 21.5. The Labute approximate surface area is 795 Å². The Hall–Kier alpha value is -14.6. The number of phenolic OH excluding ortho intramolecular Hbond substituents is 2. The van der Waals surface area contributed by atoms with Gasteiger partial charge in [-0.25, -0.2) is 0 Å². The molecule has 2 saturated heterocycles. The second-order valence-electron chi connectivity index (χ2n) is 32.3. The summed E-state index contributed by atoms with van der Waals surface area (Å²) in [5.74, 6) is -9.97. The summed E-state index contributed by atoms with van der Waals surface area (Å²) in [6.45, 7) is 0.258. The lowest BCUT2D eigenvalue weighted by molar-refractivity contribution is -0.141. The molecular weight excluding hydrogens is 1800 g/mol. The molecular formula is C91H125N21O26. The largest absolute Gasteiger partial charge is 0.508 e. The van der Waals surface area contributed by atoms with E-state index in [9.17, 15) is 102 Å². The fraction of sp³-hybridized carbons (Fsp3) is 0.505. The smallest absolute Gasteiger partial charge is 0.305 e. The van der Waals surface area contributed by atoms with Gasteiger partial charge in [-0.2, -0.15) is 0 Å². The zero-order valence-corrected chi connectivity index (χ0v) is 76.5. The van der Waals surface area contributed by atoms with Crippen molar-refractivity contribution in [1.82, 2.24) is 85.1 Å². The predicted octanol–water partition coefficient (Wildman–Crippen LogP) is -4.35. The Balaban J connectivity index is 0.937. The summed E-state index contributed by atoms with van der Waals surface area (Å²) in [6, 6.07) is 12.3. The van der Waals surface area contributed by atoms with Crippen molar-refractivity contribution < 1.29 is 126 Å². The molecule has 138 heavy (non-hydrogen) atoms. The number of phenols is 2. The van der Waals surface area contributed by atoms with Gasteiger partial charge >= 0.3 is 11.9 Å². The maximum absolute atomic E-state index is 14.5. The number of carboxylic acid groups (broad SMARTS) is 2. The topological polar surface area (TPSA) is 713 Å². The van der Waals surface area contributed by atoms with Gasteiger partial charge in [-0.15, -0.1) is 0 Å². The number of fused-ring (bicyclic) bond motifs is 2. The summed E-state index contributed by atoms with van der Waals surface area (Å²) >= 11 is 0. The first-order chi connectivity index (χ1) is 66.3. The van der Waals surface area contributed by atoms with Gasteiger partial charge < -0.3 is 146 Å². The van der Waals surface area contributed by atoms with Gasteiger partial charge in [0.15, 0.2) is 11.9 Å².